The standard InChI is InChI=1S/C16H21F3N2O/c1-21(15(22)11-6-4-7-13(20)9-11)10-12-5-2-3-8-14(12)16(17,18)19/h2-3,5,8,11,13H,4,6-7,9-10,20H2,1H3. The summed E-state index contributed by atoms with van der Waals surface area (Å²) in [6.07, 6.45) is -1.23. The van der Waals surface area contributed by atoms with Crippen molar-refractivity contribution in [3.63, 3.8) is 0 Å². The van der Waals surface area contributed by atoms with Gasteiger partial charge in [-0.3, -0.25) is 4.79 Å². The van der Waals surface area contributed by atoms with E-state index in [0.29, 0.717) is 6.42 Å². The van der Waals surface area contributed by atoms with Gasteiger partial charge in [-0.05, 0) is 30.9 Å². The third kappa shape index (κ3) is 4.00. The molecule has 1 fully saturated rings. The quantitative estimate of drug-likeness (QED) is 0.931. The highest BCUT2D eigenvalue weighted by Crippen LogP contribution is 2.32. The predicted octanol–water partition coefficient (Wildman–Crippen LogP) is 3.18. The largest absolute Gasteiger partial charge is 0.416 e. The van der Waals surface area contributed by atoms with Crippen LogP contribution in [-0.4, -0.2) is 23.9 Å². The fourth-order valence-corrected chi connectivity index (χ4v) is 3.03. The molecule has 2 N–H and O–H groups in total. The lowest BCUT2D eigenvalue weighted by Crippen LogP contribution is -2.38. The van der Waals surface area contributed by atoms with Crippen molar-refractivity contribution in [2.45, 2.75) is 44.4 Å². The molecular weight excluding hydrogens is 293 g/mol. The highest BCUT2D eigenvalue weighted by atomic mass is 19.4. The molecular formula is C16H21F3N2O. The third-order valence-electron chi connectivity index (χ3n) is 4.17. The van der Waals surface area contributed by atoms with Gasteiger partial charge in [0.15, 0.2) is 0 Å². The zero-order valence-electron chi connectivity index (χ0n) is 12.6. The van der Waals surface area contributed by atoms with Gasteiger partial charge in [0.05, 0.1) is 5.56 Å². The normalized spacial score (nSPS) is 22.4. The molecule has 0 bridgehead atoms. The number of hydrogen-bond acceptors (Lipinski definition) is 2. The van der Waals surface area contributed by atoms with E-state index in [4.69, 9.17) is 5.73 Å². The number of halogens is 3. The van der Waals surface area contributed by atoms with Gasteiger partial charge in [0.25, 0.3) is 0 Å². The van der Waals surface area contributed by atoms with Crippen LogP contribution in [-0.2, 0) is 17.5 Å². The first-order valence-corrected chi connectivity index (χ1v) is 7.44. The molecule has 6 heteroatoms. The van der Waals surface area contributed by atoms with E-state index in [0.717, 1.165) is 25.3 Å². The Kier molecular flexibility index (Phi) is 5.11. The van der Waals surface area contributed by atoms with Crippen LogP contribution < -0.4 is 5.73 Å². The Bertz CT molecular complexity index is 530. The molecule has 1 aromatic rings. The second-order valence-electron chi connectivity index (χ2n) is 5.97. The zero-order valence-corrected chi connectivity index (χ0v) is 12.6. The van der Waals surface area contributed by atoms with E-state index >= 15 is 0 Å². The van der Waals surface area contributed by atoms with Crippen molar-refractivity contribution in [3.8, 4) is 0 Å². The van der Waals surface area contributed by atoms with E-state index < -0.39 is 11.7 Å². The molecule has 0 heterocycles. The third-order valence-corrected chi connectivity index (χ3v) is 4.17. The number of carbonyl (C=O) groups is 1. The first kappa shape index (κ1) is 16.8. The van der Waals surface area contributed by atoms with Crippen molar-refractivity contribution in [2.24, 2.45) is 11.7 Å². The Labute approximate surface area is 128 Å². The van der Waals surface area contributed by atoms with Crippen molar-refractivity contribution in [1.29, 1.82) is 0 Å². The number of amides is 1. The molecule has 2 unspecified atom stereocenters. The molecule has 1 aliphatic carbocycles. The fourth-order valence-electron chi connectivity index (χ4n) is 3.03. The molecule has 1 amide bonds. The Morgan fingerprint density at radius 3 is 2.64 bits per heavy atom. The van der Waals surface area contributed by atoms with Gasteiger partial charge >= 0.3 is 6.18 Å². The number of benzene rings is 1. The molecule has 2 atom stereocenters. The van der Waals surface area contributed by atoms with Crippen LogP contribution in [0.5, 0.6) is 0 Å². The lowest BCUT2D eigenvalue weighted by molar-refractivity contribution is -0.140. The molecule has 0 aliphatic heterocycles. The van der Waals surface area contributed by atoms with E-state index in [-0.39, 0.29) is 30.0 Å². The van der Waals surface area contributed by atoms with Crippen molar-refractivity contribution < 1.29 is 18.0 Å². The number of hydrogen-bond donors (Lipinski definition) is 1. The minimum Gasteiger partial charge on any atom is -0.341 e. The first-order valence-electron chi connectivity index (χ1n) is 7.44. The highest BCUT2D eigenvalue weighted by molar-refractivity contribution is 5.78. The van der Waals surface area contributed by atoms with Crippen LogP contribution in [0, 0.1) is 5.92 Å². The van der Waals surface area contributed by atoms with Crippen LogP contribution in [0.4, 0.5) is 13.2 Å². The predicted molar refractivity (Wildman–Crippen MR) is 77.9 cm³/mol. The number of nitrogens with zero attached hydrogens (tertiary/aromatic N) is 1. The van der Waals surface area contributed by atoms with E-state index in [9.17, 15) is 18.0 Å². The summed E-state index contributed by atoms with van der Waals surface area (Å²) in [5.74, 6) is -0.293. The number of carbonyl (C=O) groups excluding carboxylic acids is 1. The molecule has 0 aromatic heterocycles. The maximum Gasteiger partial charge on any atom is 0.416 e. The maximum atomic E-state index is 13.0. The number of nitrogens with two attached hydrogens (primary N) is 1. The van der Waals surface area contributed by atoms with Crippen LogP contribution in [0.2, 0.25) is 0 Å². The van der Waals surface area contributed by atoms with Crippen LogP contribution in [0.1, 0.15) is 36.8 Å². The second-order valence-corrected chi connectivity index (χ2v) is 5.97. The van der Waals surface area contributed by atoms with Gasteiger partial charge in [0, 0.05) is 25.6 Å². The van der Waals surface area contributed by atoms with E-state index in [1.165, 1.54) is 17.0 Å². The lowest BCUT2D eigenvalue weighted by atomic mass is 9.85. The smallest absolute Gasteiger partial charge is 0.341 e. The van der Waals surface area contributed by atoms with Crippen LogP contribution >= 0.6 is 0 Å². The maximum absolute atomic E-state index is 13.0. The second kappa shape index (κ2) is 6.69. The summed E-state index contributed by atoms with van der Waals surface area (Å²) in [4.78, 5) is 13.8. The van der Waals surface area contributed by atoms with Gasteiger partial charge in [-0.25, -0.2) is 0 Å². The summed E-state index contributed by atoms with van der Waals surface area (Å²) in [6, 6.07) is 5.38. The summed E-state index contributed by atoms with van der Waals surface area (Å²) < 4.78 is 39.0. The zero-order chi connectivity index (χ0) is 16.3. The SMILES string of the molecule is CN(Cc1ccccc1C(F)(F)F)C(=O)C1CCCC(N)C1. The van der Waals surface area contributed by atoms with E-state index in [2.05, 4.69) is 0 Å². The average molecular weight is 314 g/mol. The van der Waals surface area contributed by atoms with E-state index in [1.807, 2.05) is 0 Å². The lowest BCUT2D eigenvalue weighted by Gasteiger charge is -2.30. The van der Waals surface area contributed by atoms with Gasteiger partial charge in [0.1, 0.15) is 0 Å². The molecule has 1 aromatic carbocycles. The fraction of sp³-hybridized carbons (Fsp3) is 0.562. The Hall–Kier alpha value is -1.56. The Balaban J connectivity index is 2.09. The molecule has 0 spiro atoms. The summed E-state index contributed by atoms with van der Waals surface area (Å²) in [7, 11) is 1.55. The summed E-state index contributed by atoms with van der Waals surface area (Å²) in [5.41, 5.74) is 5.31. The van der Waals surface area contributed by atoms with Gasteiger partial charge in [-0.2, -0.15) is 13.2 Å². The van der Waals surface area contributed by atoms with Crippen LogP contribution in [0.15, 0.2) is 24.3 Å². The molecule has 1 aliphatic rings. The molecule has 0 radical (unpaired) electrons. The van der Waals surface area contributed by atoms with Gasteiger partial charge in [-0.1, -0.05) is 24.6 Å². The first-order chi connectivity index (χ1) is 10.3. The number of rotatable bonds is 3. The minimum atomic E-state index is -4.41. The summed E-state index contributed by atoms with van der Waals surface area (Å²) >= 11 is 0. The van der Waals surface area contributed by atoms with Gasteiger partial charge in [0.2, 0.25) is 5.91 Å². The monoisotopic (exact) mass is 314 g/mol. The topological polar surface area (TPSA) is 46.3 Å². The number of alkyl halides is 3. The minimum absolute atomic E-state index is 0.0126. The molecule has 1 saturated carbocycles. The molecule has 3 nitrogen and oxygen atoms in total. The van der Waals surface area contributed by atoms with Crippen molar-refractivity contribution in [2.75, 3.05) is 7.05 Å². The Morgan fingerprint density at radius 1 is 1.32 bits per heavy atom. The summed E-state index contributed by atoms with van der Waals surface area (Å²) in [5, 5.41) is 0. The van der Waals surface area contributed by atoms with Crippen molar-refractivity contribution in [3.05, 3.63) is 35.4 Å². The van der Waals surface area contributed by atoms with Gasteiger partial charge < -0.3 is 10.6 Å². The van der Waals surface area contributed by atoms with Crippen molar-refractivity contribution in [1.82, 2.24) is 4.90 Å². The van der Waals surface area contributed by atoms with Crippen LogP contribution in [0.25, 0.3) is 0 Å². The highest BCUT2D eigenvalue weighted by Gasteiger charge is 2.34. The summed E-state index contributed by atoms with van der Waals surface area (Å²) in [6.45, 7) is -0.0414. The molecule has 0 saturated heterocycles. The van der Waals surface area contributed by atoms with Crippen molar-refractivity contribution >= 4 is 5.91 Å². The average Bonchev–Trinajstić information content (AvgIpc) is 2.46. The van der Waals surface area contributed by atoms with Crippen LogP contribution in [0.3, 0.4) is 0 Å². The molecule has 2 rings (SSSR count). The molecule has 122 valence electrons. The van der Waals surface area contributed by atoms with E-state index in [1.54, 1.807) is 13.1 Å². The Morgan fingerprint density at radius 2 is 2.00 bits per heavy atom. The molecule has 22 heavy (non-hydrogen) atoms. The van der Waals surface area contributed by atoms with Gasteiger partial charge in [-0.15, -0.1) is 0 Å².